The number of benzene rings is 2. The van der Waals surface area contributed by atoms with Gasteiger partial charge in [0, 0.05) is 21.7 Å². The number of nitrogens with one attached hydrogen (secondary N) is 1. The molecule has 1 aromatic heterocycles. The van der Waals surface area contributed by atoms with Crippen molar-refractivity contribution in [2.24, 2.45) is 0 Å². The second kappa shape index (κ2) is 8.45. The first kappa shape index (κ1) is 20.4. The van der Waals surface area contributed by atoms with Crippen LogP contribution in [0.25, 0.3) is 11.3 Å². The highest BCUT2D eigenvalue weighted by Gasteiger charge is 2.34. The molecule has 8 heteroatoms. The number of rotatable bonds is 5. The minimum Gasteiger partial charge on any atom is -0.478 e. The number of anilines is 2. The monoisotopic (exact) mass is 441 g/mol. The van der Waals surface area contributed by atoms with Crippen molar-refractivity contribution in [1.29, 1.82) is 0 Å². The molecule has 1 aliphatic heterocycles. The highest BCUT2D eigenvalue weighted by atomic mass is 35.5. The Bertz CT molecular complexity index is 1100. The van der Waals surface area contributed by atoms with Gasteiger partial charge in [-0.25, -0.2) is 4.98 Å². The Balaban J connectivity index is 1.63. The van der Waals surface area contributed by atoms with E-state index in [1.54, 1.807) is 35.6 Å². The van der Waals surface area contributed by atoms with E-state index in [0.29, 0.717) is 28.6 Å². The zero-order valence-electron chi connectivity index (χ0n) is 16.5. The average Bonchev–Trinajstić information content (AvgIpc) is 3.17. The van der Waals surface area contributed by atoms with Crippen LogP contribution in [-0.2, 0) is 9.59 Å². The number of nitrogens with zero attached hydrogens (tertiary/aromatic N) is 2. The molecule has 0 radical (unpaired) electrons. The van der Waals surface area contributed by atoms with Gasteiger partial charge >= 0.3 is 0 Å². The molecule has 30 heavy (non-hydrogen) atoms. The quantitative estimate of drug-likeness (QED) is 0.610. The van der Waals surface area contributed by atoms with E-state index in [-0.39, 0.29) is 18.4 Å². The Morgan fingerprint density at radius 1 is 1.27 bits per heavy atom. The smallest absolute Gasteiger partial charge is 0.268 e. The molecule has 2 amide bonds. The first-order valence-electron chi connectivity index (χ1n) is 9.54. The summed E-state index contributed by atoms with van der Waals surface area (Å²) in [5, 5.41) is 6.32. The van der Waals surface area contributed by atoms with E-state index in [1.165, 1.54) is 4.90 Å². The topological polar surface area (TPSA) is 71.5 Å². The van der Waals surface area contributed by atoms with Crippen molar-refractivity contribution in [3.05, 3.63) is 57.9 Å². The van der Waals surface area contributed by atoms with Gasteiger partial charge in [0.25, 0.3) is 5.91 Å². The largest absolute Gasteiger partial charge is 0.478 e. The molecule has 1 N–H and O–H groups in total. The summed E-state index contributed by atoms with van der Waals surface area (Å²) in [5.41, 5.74) is 2.88. The highest BCUT2D eigenvalue weighted by molar-refractivity contribution is 7.09. The van der Waals surface area contributed by atoms with E-state index in [1.807, 2.05) is 37.4 Å². The third-order valence-corrected chi connectivity index (χ3v) is 5.80. The standard InChI is InChI=1S/C22H20ClN3O3S/c1-3-19-22(28)26(11-21(27)25-16-7-5-15(23)6-8-16)18-10-14(4-9-20(18)29-19)17-12-30-13(2)24-17/h4-10,12,19H,3,11H2,1-2H3,(H,25,27). The van der Waals surface area contributed by atoms with Crippen LogP contribution < -0.4 is 15.0 Å². The number of hydrogen-bond donors (Lipinski definition) is 1. The van der Waals surface area contributed by atoms with Crippen molar-refractivity contribution in [2.75, 3.05) is 16.8 Å². The fraction of sp³-hybridized carbons (Fsp3) is 0.227. The molecule has 0 spiro atoms. The Morgan fingerprint density at radius 3 is 2.70 bits per heavy atom. The first-order chi connectivity index (χ1) is 14.4. The number of carbonyl (C=O) groups excluding carboxylic acids is 2. The van der Waals surface area contributed by atoms with Crippen LogP contribution >= 0.6 is 22.9 Å². The summed E-state index contributed by atoms with van der Waals surface area (Å²) < 4.78 is 5.88. The summed E-state index contributed by atoms with van der Waals surface area (Å²) in [5.74, 6) is 0.0441. The molecule has 0 saturated carbocycles. The predicted molar refractivity (Wildman–Crippen MR) is 119 cm³/mol. The van der Waals surface area contributed by atoms with Crippen molar-refractivity contribution in [2.45, 2.75) is 26.4 Å². The summed E-state index contributed by atoms with van der Waals surface area (Å²) in [6, 6.07) is 12.4. The van der Waals surface area contributed by atoms with E-state index in [2.05, 4.69) is 10.3 Å². The minimum atomic E-state index is -0.617. The second-order valence-electron chi connectivity index (χ2n) is 6.93. The van der Waals surface area contributed by atoms with Gasteiger partial charge < -0.3 is 10.1 Å². The SMILES string of the molecule is CCC1Oc2ccc(-c3csc(C)n3)cc2N(CC(=O)Nc2ccc(Cl)cc2)C1=O. The maximum atomic E-state index is 13.0. The lowest BCUT2D eigenvalue weighted by Crippen LogP contribution is -2.48. The van der Waals surface area contributed by atoms with Crippen LogP contribution in [0.4, 0.5) is 11.4 Å². The van der Waals surface area contributed by atoms with Crippen LogP contribution in [0.1, 0.15) is 18.4 Å². The third-order valence-electron chi connectivity index (χ3n) is 4.78. The molecule has 0 fully saturated rings. The molecule has 1 aliphatic rings. The molecule has 1 atom stereocenters. The molecular formula is C22H20ClN3O3S. The second-order valence-corrected chi connectivity index (χ2v) is 8.43. The van der Waals surface area contributed by atoms with Gasteiger partial charge in [-0.3, -0.25) is 14.5 Å². The molecule has 0 bridgehead atoms. The van der Waals surface area contributed by atoms with Crippen molar-refractivity contribution in [3.63, 3.8) is 0 Å². The van der Waals surface area contributed by atoms with Crippen molar-refractivity contribution in [3.8, 4) is 17.0 Å². The number of thiazole rings is 1. The van der Waals surface area contributed by atoms with Crippen LogP contribution in [-0.4, -0.2) is 29.4 Å². The van der Waals surface area contributed by atoms with Crippen LogP contribution in [0.15, 0.2) is 47.8 Å². The number of ether oxygens (including phenoxy) is 1. The van der Waals surface area contributed by atoms with Gasteiger partial charge in [-0.1, -0.05) is 18.5 Å². The summed E-state index contributed by atoms with van der Waals surface area (Å²) in [6.45, 7) is 3.71. The van der Waals surface area contributed by atoms with Crippen molar-refractivity contribution in [1.82, 2.24) is 4.98 Å². The number of fused-ring (bicyclic) bond motifs is 1. The molecule has 4 rings (SSSR count). The molecule has 6 nitrogen and oxygen atoms in total. The summed E-state index contributed by atoms with van der Waals surface area (Å²) in [4.78, 5) is 31.7. The van der Waals surface area contributed by atoms with E-state index in [0.717, 1.165) is 16.3 Å². The molecule has 2 aromatic carbocycles. The number of aromatic nitrogens is 1. The van der Waals surface area contributed by atoms with Crippen LogP contribution in [0.5, 0.6) is 5.75 Å². The molecule has 0 aliphatic carbocycles. The van der Waals surface area contributed by atoms with Gasteiger partial charge in [0.15, 0.2) is 6.10 Å². The number of hydrogen-bond acceptors (Lipinski definition) is 5. The maximum Gasteiger partial charge on any atom is 0.268 e. The lowest BCUT2D eigenvalue weighted by Gasteiger charge is -2.34. The number of carbonyl (C=O) groups is 2. The van der Waals surface area contributed by atoms with Crippen LogP contribution in [0.3, 0.4) is 0 Å². The zero-order valence-corrected chi connectivity index (χ0v) is 18.1. The fourth-order valence-electron chi connectivity index (χ4n) is 3.28. The Labute approximate surface area is 183 Å². The number of halogens is 1. The van der Waals surface area contributed by atoms with Crippen LogP contribution in [0.2, 0.25) is 5.02 Å². The van der Waals surface area contributed by atoms with E-state index in [9.17, 15) is 9.59 Å². The van der Waals surface area contributed by atoms with Gasteiger partial charge in [0.2, 0.25) is 5.91 Å². The van der Waals surface area contributed by atoms with Crippen LogP contribution in [0, 0.1) is 6.92 Å². The Kier molecular flexibility index (Phi) is 5.74. The lowest BCUT2D eigenvalue weighted by molar-refractivity contribution is -0.128. The zero-order chi connectivity index (χ0) is 21.3. The van der Waals surface area contributed by atoms with E-state index < -0.39 is 6.10 Å². The Hall–Kier alpha value is -2.90. The summed E-state index contributed by atoms with van der Waals surface area (Å²) in [6.07, 6.45) is -0.103. The van der Waals surface area contributed by atoms with E-state index in [4.69, 9.17) is 16.3 Å². The average molecular weight is 442 g/mol. The molecule has 0 saturated heterocycles. The van der Waals surface area contributed by atoms with Gasteiger partial charge in [-0.05, 0) is 55.8 Å². The summed E-state index contributed by atoms with van der Waals surface area (Å²) in [7, 11) is 0. The normalized spacial score (nSPS) is 15.5. The predicted octanol–water partition coefficient (Wildman–Crippen LogP) is 4.91. The fourth-order valence-corrected chi connectivity index (χ4v) is 4.03. The first-order valence-corrected chi connectivity index (χ1v) is 10.8. The molecular weight excluding hydrogens is 422 g/mol. The molecule has 154 valence electrons. The lowest BCUT2D eigenvalue weighted by atomic mass is 10.1. The van der Waals surface area contributed by atoms with Gasteiger partial charge in [0.05, 0.1) is 16.4 Å². The Morgan fingerprint density at radius 2 is 2.03 bits per heavy atom. The third kappa shape index (κ3) is 4.17. The highest BCUT2D eigenvalue weighted by Crippen LogP contribution is 2.38. The van der Waals surface area contributed by atoms with Crippen molar-refractivity contribution >= 4 is 46.1 Å². The number of amides is 2. The summed E-state index contributed by atoms with van der Waals surface area (Å²) >= 11 is 7.45. The molecule has 3 aromatic rings. The van der Waals surface area contributed by atoms with Crippen molar-refractivity contribution < 1.29 is 14.3 Å². The number of aryl methyl sites for hydroxylation is 1. The minimum absolute atomic E-state index is 0.117. The van der Waals surface area contributed by atoms with E-state index >= 15 is 0 Å². The van der Waals surface area contributed by atoms with Gasteiger partial charge in [-0.15, -0.1) is 11.3 Å². The van der Waals surface area contributed by atoms with Gasteiger partial charge in [-0.2, -0.15) is 0 Å². The molecule has 1 unspecified atom stereocenters. The van der Waals surface area contributed by atoms with Gasteiger partial charge in [0.1, 0.15) is 12.3 Å². The maximum absolute atomic E-state index is 13.0. The molecule has 2 heterocycles.